The largest absolute Gasteiger partial charge is 0.381 e. The Labute approximate surface area is 156 Å². The molecular formula is C21H20N4O2. The molecule has 3 aromatic heterocycles. The number of rotatable bonds is 1. The molecule has 1 aliphatic carbocycles. The Kier molecular flexibility index (Phi) is 3.06. The van der Waals surface area contributed by atoms with E-state index in [0.29, 0.717) is 5.92 Å². The fourth-order valence-electron chi connectivity index (χ4n) is 4.76. The van der Waals surface area contributed by atoms with Crippen LogP contribution in [0.25, 0.3) is 33.1 Å². The van der Waals surface area contributed by atoms with Crippen molar-refractivity contribution in [1.82, 2.24) is 19.7 Å². The average molecular weight is 360 g/mol. The molecule has 0 saturated carbocycles. The fourth-order valence-corrected chi connectivity index (χ4v) is 4.76. The summed E-state index contributed by atoms with van der Waals surface area (Å²) < 4.78 is 13.3. The molecule has 0 amide bonds. The molecule has 1 saturated heterocycles. The van der Waals surface area contributed by atoms with Crippen molar-refractivity contribution in [3.8, 4) is 11.1 Å². The van der Waals surface area contributed by atoms with Gasteiger partial charge in [-0.25, -0.2) is 4.98 Å². The normalized spacial score (nSPS) is 17.0. The summed E-state index contributed by atoms with van der Waals surface area (Å²) in [4.78, 5) is 9.66. The van der Waals surface area contributed by atoms with Crippen molar-refractivity contribution in [1.29, 1.82) is 0 Å². The first-order valence-electron chi connectivity index (χ1n) is 9.52. The van der Waals surface area contributed by atoms with E-state index < -0.39 is 0 Å². The van der Waals surface area contributed by atoms with Crippen LogP contribution >= 0.6 is 0 Å². The van der Waals surface area contributed by atoms with E-state index in [9.17, 15) is 0 Å². The number of ether oxygens (including phenoxy) is 1. The molecule has 1 aromatic carbocycles. The maximum atomic E-state index is 5.53. The summed E-state index contributed by atoms with van der Waals surface area (Å²) in [6.07, 6.45) is 4.76. The zero-order valence-electron chi connectivity index (χ0n) is 15.5. The summed E-state index contributed by atoms with van der Waals surface area (Å²) >= 11 is 0. The van der Waals surface area contributed by atoms with Gasteiger partial charge in [-0.15, -0.1) is 0 Å². The van der Waals surface area contributed by atoms with Gasteiger partial charge in [0.05, 0.1) is 22.9 Å². The van der Waals surface area contributed by atoms with Gasteiger partial charge in [0, 0.05) is 43.5 Å². The molecule has 2 aliphatic rings. The van der Waals surface area contributed by atoms with E-state index in [0.717, 1.165) is 71.7 Å². The van der Waals surface area contributed by atoms with Gasteiger partial charge >= 0.3 is 0 Å². The average Bonchev–Trinajstić information content (AvgIpc) is 3.34. The van der Waals surface area contributed by atoms with Crippen LogP contribution in [0.3, 0.4) is 0 Å². The van der Waals surface area contributed by atoms with Gasteiger partial charge in [0.1, 0.15) is 17.1 Å². The number of pyridine rings is 1. The highest BCUT2D eigenvalue weighted by molar-refractivity contribution is 6.04. The Morgan fingerprint density at radius 2 is 2.00 bits per heavy atom. The quantitative estimate of drug-likeness (QED) is 0.454. The van der Waals surface area contributed by atoms with Gasteiger partial charge < -0.3 is 13.8 Å². The highest BCUT2D eigenvalue weighted by atomic mass is 16.5. The van der Waals surface area contributed by atoms with Crippen LogP contribution < -0.4 is 0 Å². The number of aryl methyl sites for hydroxylation is 2. The molecule has 0 unspecified atom stereocenters. The molecule has 4 aromatic rings. The molecular weight excluding hydrogens is 340 g/mol. The molecule has 0 atom stereocenters. The molecule has 1 aliphatic heterocycles. The van der Waals surface area contributed by atoms with E-state index in [1.165, 1.54) is 16.6 Å². The Morgan fingerprint density at radius 3 is 2.85 bits per heavy atom. The Balaban J connectivity index is 1.58. The number of hydrogen-bond donors (Lipinski definition) is 0. The molecule has 136 valence electrons. The number of nitrogens with zero attached hydrogens (tertiary/aromatic N) is 4. The van der Waals surface area contributed by atoms with Crippen LogP contribution in [0, 0.1) is 6.92 Å². The predicted octanol–water partition coefficient (Wildman–Crippen LogP) is 3.88. The lowest BCUT2D eigenvalue weighted by Crippen LogP contribution is -2.17. The van der Waals surface area contributed by atoms with Crippen LogP contribution in [0.4, 0.5) is 0 Å². The Hall–Kier alpha value is -2.73. The maximum absolute atomic E-state index is 5.53. The second-order valence-corrected chi connectivity index (χ2v) is 7.68. The monoisotopic (exact) mass is 360 g/mol. The first-order chi connectivity index (χ1) is 13.2. The van der Waals surface area contributed by atoms with E-state index in [-0.39, 0.29) is 0 Å². The number of hydrogen-bond acceptors (Lipinski definition) is 5. The first kappa shape index (κ1) is 15.3. The standard InChI is InChI=1S/C21H20N4O2/c1-11-19-14-9-16-15(7-13(14)8-18(19)27-24-11)20-17(10-22-16)23-21(25(20)2)12-3-5-26-6-4-12/h7,9-10,12H,3-6,8H2,1-2H3. The van der Waals surface area contributed by atoms with Crippen LogP contribution in [0.5, 0.6) is 0 Å². The summed E-state index contributed by atoms with van der Waals surface area (Å²) in [6, 6.07) is 4.45. The molecule has 4 heterocycles. The van der Waals surface area contributed by atoms with E-state index in [1.54, 1.807) is 0 Å². The molecule has 0 bridgehead atoms. The zero-order chi connectivity index (χ0) is 18.1. The number of benzene rings is 1. The van der Waals surface area contributed by atoms with Gasteiger partial charge in [-0.2, -0.15) is 0 Å². The second-order valence-electron chi connectivity index (χ2n) is 7.68. The topological polar surface area (TPSA) is 66.0 Å². The summed E-state index contributed by atoms with van der Waals surface area (Å²) in [5.41, 5.74) is 7.71. The highest BCUT2D eigenvalue weighted by Crippen LogP contribution is 2.41. The van der Waals surface area contributed by atoms with Crippen molar-refractivity contribution in [2.24, 2.45) is 7.05 Å². The molecule has 0 N–H and O–H groups in total. The number of fused-ring (bicyclic) bond motifs is 6. The lowest BCUT2D eigenvalue weighted by molar-refractivity contribution is 0.0831. The third-order valence-corrected chi connectivity index (χ3v) is 6.10. The second kappa shape index (κ2) is 5.39. The van der Waals surface area contributed by atoms with E-state index in [2.05, 4.69) is 28.9 Å². The first-order valence-corrected chi connectivity index (χ1v) is 9.52. The van der Waals surface area contributed by atoms with Crippen molar-refractivity contribution in [2.75, 3.05) is 13.2 Å². The zero-order valence-corrected chi connectivity index (χ0v) is 15.5. The third-order valence-electron chi connectivity index (χ3n) is 6.10. The summed E-state index contributed by atoms with van der Waals surface area (Å²) in [6.45, 7) is 3.64. The van der Waals surface area contributed by atoms with Gasteiger partial charge in [-0.1, -0.05) is 5.16 Å². The van der Waals surface area contributed by atoms with Crippen molar-refractivity contribution in [2.45, 2.75) is 32.1 Å². The molecule has 1 fully saturated rings. The molecule has 6 rings (SSSR count). The SMILES string of the molecule is Cc1noc2c1-c1cc3ncc4nc(C5CCOCC5)n(C)c4c3cc1C2. The van der Waals surface area contributed by atoms with Crippen LogP contribution in [0.2, 0.25) is 0 Å². The Bertz CT molecular complexity index is 1210. The van der Waals surface area contributed by atoms with Gasteiger partial charge in [0.2, 0.25) is 0 Å². The minimum Gasteiger partial charge on any atom is -0.381 e. The van der Waals surface area contributed by atoms with E-state index >= 15 is 0 Å². The molecule has 0 spiro atoms. The summed E-state index contributed by atoms with van der Waals surface area (Å²) in [7, 11) is 2.13. The van der Waals surface area contributed by atoms with Gasteiger partial charge in [-0.05, 0) is 43.0 Å². The van der Waals surface area contributed by atoms with Gasteiger partial charge in [0.25, 0.3) is 0 Å². The van der Waals surface area contributed by atoms with Crippen LogP contribution in [0.15, 0.2) is 22.9 Å². The lowest BCUT2D eigenvalue weighted by atomic mass is 9.99. The molecule has 6 heteroatoms. The van der Waals surface area contributed by atoms with Gasteiger partial charge in [-0.3, -0.25) is 4.98 Å². The van der Waals surface area contributed by atoms with Crippen LogP contribution in [-0.2, 0) is 18.2 Å². The Morgan fingerprint density at radius 1 is 1.15 bits per heavy atom. The number of aromatic nitrogens is 4. The minimum absolute atomic E-state index is 0.457. The van der Waals surface area contributed by atoms with E-state index in [1.807, 2.05) is 13.1 Å². The number of imidazole rings is 1. The lowest BCUT2D eigenvalue weighted by Gasteiger charge is -2.21. The van der Waals surface area contributed by atoms with E-state index in [4.69, 9.17) is 19.2 Å². The minimum atomic E-state index is 0.457. The summed E-state index contributed by atoms with van der Waals surface area (Å²) in [5, 5.41) is 5.28. The fraction of sp³-hybridized carbons (Fsp3) is 0.381. The van der Waals surface area contributed by atoms with Crippen LogP contribution in [-0.4, -0.2) is 32.9 Å². The maximum Gasteiger partial charge on any atom is 0.149 e. The highest BCUT2D eigenvalue weighted by Gasteiger charge is 2.27. The molecule has 6 nitrogen and oxygen atoms in total. The van der Waals surface area contributed by atoms with Crippen molar-refractivity contribution >= 4 is 21.9 Å². The van der Waals surface area contributed by atoms with Crippen molar-refractivity contribution in [3.63, 3.8) is 0 Å². The van der Waals surface area contributed by atoms with Crippen molar-refractivity contribution < 1.29 is 9.26 Å². The van der Waals surface area contributed by atoms with Gasteiger partial charge in [0.15, 0.2) is 0 Å². The smallest absolute Gasteiger partial charge is 0.149 e. The summed E-state index contributed by atoms with van der Waals surface area (Å²) in [5.74, 6) is 2.57. The van der Waals surface area contributed by atoms with Crippen molar-refractivity contribution in [3.05, 3.63) is 41.2 Å². The van der Waals surface area contributed by atoms with Crippen LogP contribution in [0.1, 0.15) is 41.6 Å². The molecule has 27 heavy (non-hydrogen) atoms. The molecule has 0 radical (unpaired) electrons. The third kappa shape index (κ3) is 2.07. The predicted molar refractivity (Wildman–Crippen MR) is 102 cm³/mol.